The lowest BCUT2D eigenvalue weighted by atomic mass is 9.85. The van der Waals surface area contributed by atoms with Gasteiger partial charge in [-0.15, -0.1) is 0 Å². The lowest BCUT2D eigenvalue weighted by molar-refractivity contribution is -0.139. The highest BCUT2D eigenvalue weighted by Crippen LogP contribution is 2.33. The number of benzene rings is 1. The molecule has 0 spiro atoms. The summed E-state index contributed by atoms with van der Waals surface area (Å²) in [4.78, 5) is 25.9. The summed E-state index contributed by atoms with van der Waals surface area (Å²) in [6.07, 6.45) is 5.51. The zero-order chi connectivity index (χ0) is 18.7. The molecule has 2 aliphatic rings. The van der Waals surface area contributed by atoms with Crippen LogP contribution in [0.4, 0.5) is 10.5 Å². The van der Waals surface area contributed by atoms with Gasteiger partial charge in [-0.05, 0) is 49.8 Å². The van der Waals surface area contributed by atoms with Crippen molar-refractivity contribution in [3.63, 3.8) is 0 Å². The van der Waals surface area contributed by atoms with Gasteiger partial charge in [0, 0.05) is 46.3 Å². The molecule has 0 saturated heterocycles. The van der Waals surface area contributed by atoms with Gasteiger partial charge in [0.15, 0.2) is 0 Å². The number of hydrogen-bond donors (Lipinski definition) is 3. The molecular weight excluding hydrogens is 354 g/mol. The van der Waals surface area contributed by atoms with Crippen LogP contribution >= 0.6 is 0 Å². The van der Waals surface area contributed by atoms with E-state index in [0.717, 1.165) is 19.4 Å². The number of nitrogens with zero attached hydrogens (tertiary/aromatic N) is 1. The van der Waals surface area contributed by atoms with E-state index in [1.165, 1.54) is 12.8 Å². The minimum absolute atomic E-state index is 0.0546. The van der Waals surface area contributed by atoms with Gasteiger partial charge in [0.2, 0.25) is 0 Å². The first kappa shape index (κ1) is 18.8. The summed E-state index contributed by atoms with van der Waals surface area (Å²) in [6.45, 7) is 0.915. The zero-order valence-corrected chi connectivity index (χ0v) is 15.6. The molecule has 0 bridgehead atoms. The third-order valence-corrected chi connectivity index (χ3v) is 5.83. The van der Waals surface area contributed by atoms with Crippen molar-refractivity contribution < 1.29 is 18.9 Å². The summed E-state index contributed by atoms with van der Waals surface area (Å²) in [5.74, 6) is -0.158. The van der Waals surface area contributed by atoms with Gasteiger partial charge in [-0.1, -0.05) is 6.07 Å². The van der Waals surface area contributed by atoms with Gasteiger partial charge in [0.25, 0.3) is 0 Å². The fourth-order valence-corrected chi connectivity index (χ4v) is 3.82. The van der Waals surface area contributed by atoms with Crippen molar-refractivity contribution in [1.82, 2.24) is 10.2 Å². The van der Waals surface area contributed by atoms with Crippen LogP contribution in [0, 0.1) is 5.92 Å². The molecule has 1 atom stereocenters. The molecule has 0 heterocycles. The van der Waals surface area contributed by atoms with Crippen molar-refractivity contribution in [1.29, 1.82) is 0 Å². The Morgan fingerprint density at radius 3 is 2.65 bits per heavy atom. The van der Waals surface area contributed by atoms with Gasteiger partial charge in [0.1, 0.15) is 0 Å². The van der Waals surface area contributed by atoms with E-state index >= 15 is 0 Å². The third-order valence-electron chi connectivity index (χ3n) is 4.92. The van der Waals surface area contributed by atoms with E-state index in [2.05, 4.69) is 10.6 Å². The van der Waals surface area contributed by atoms with Crippen LogP contribution < -0.4 is 10.6 Å². The van der Waals surface area contributed by atoms with E-state index in [-0.39, 0.29) is 24.7 Å². The molecule has 7 nitrogen and oxygen atoms in total. The second kappa shape index (κ2) is 8.18. The topological polar surface area (TPSA) is 98.7 Å². The van der Waals surface area contributed by atoms with Gasteiger partial charge in [-0.2, -0.15) is 0 Å². The molecule has 1 aromatic rings. The highest BCUT2D eigenvalue weighted by molar-refractivity contribution is 7.84. The number of hydrogen-bond acceptors (Lipinski definition) is 4. The van der Waals surface area contributed by atoms with Crippen LogP contribution in [0.2, 0.25) is 0 Å². The van der Waals surface area contributed by atoms with Crippen LogP contribution in [0.25, 0.3) is 0 Å². The predicted octanol–water partition coefficient (Wildman–Crippen LogP) is 1.87. The van der Waals surface area contributed by atoms with E-state index in [1.54, 1.807) is 30.5 Å². The summed E-state index contributed by atoms with van der Waals surface area (Å²) in [5.41, 5.74) is 0.604. The average Bonchev–Trinajstić information content (AvgIpc) is 3.33. The summed E-state index contributed by atoms with van der Waals surface area (Å²) in [6, 6.07) is 6.95. The fraction of sp³-hybridized carbons (Fsp3) is 0.556. The van der Waals surface area contributed by atoms with Gasteiger partial charge >= 0.3 is 12.0 Å². The number of amides is 2. The highest BCUT2D eigenvalue weighted by Gasteiger charge is 2.37. The number of urea groups is 1. The highest BCUT2D eigenvalue weighted by atomic mass is 32.2. The summed E-state index contributed by atoms with van der Waals surface area (Å²) < 4.78 is 11.5. The van der Waals surface area contributed by atoms with Crippen molar-refractivity contribution in [2.75, 3.05) is 24.7 Å². The second-order valence-electron chi connectivity index (χ2n) is 7.17. The molecule has 0 aliphatic heterocycles. The number of anilines is 1. The number of aliphatic carboxylic acids is 1. The van der Waals surface area contributed by atoms with E-state index in [1.807, 2.05) is 4.90 Å². The summed E-state index contributed by atoms with van der Waals surface area (Å²) in [7, 11) is -1.10. The molecule has 1 unspecified atom stereocenters. The molecule has 8 heteroatoms. The van der Waals surface area contributed by atoms with Crippen LogP contribution in [0.15, 0.2) is 29.2 Å². The largest absolute Gasteiger partial charge is 0.480 e. The smallest absolute Gasteiger partial charge is 0.319 e. The first-order chi connectivity index (χ1) is 12.4. The molecule has 2 saturated carbocycles. The molecule has 3 rings (SSSR count). The van der Waals surface area contributed by atoms with Crippen molar-refractivity contribution in [3.8, 4) is 0 Å². The lowest BCUT2D eigenvalue weighted by Crippen LogP contribution is -2.55. The monoisotopic (exact) mass is 379 g/mol. The van der Waals surface area contributed by atoms with E-state index < -0.39 is 16.8 Å². The molecule has 142 valence electrons. The van der Waals surface area contributed by atoms with Gasteiger partial charge in [-0.25, -0.2) is 4.79 Å². The molecule has 0 aromatic heterocycles. The first-order valence-corrected chi connectivity index (χ1v) is 10.4. The molecule has 2 aliphatic carbocycles. The van der Waals surface area contributed by atoms with Crippen LogP contribution in [0.5, 0.6) is 0 Å². The Balaban J connectivity index is 1.45. The second-order valence-corrected chi connectivity index (χ2v) is 8.55. The molecule has 0 radical (unpaired) electrons. The van der Waals surface area contributed by atoms with E-state index in [0.29, 0.717) is 16.5 Å². The molecule has 3 N–H and O–H groups in total. The average molecular weight is 379 g/mol. The molecule has 2 amide bonds. The Morgan fingerprint density at radius 2 is 2.04 bits per heavy atom. The molecule has 2 fully saturated rings. The number of carboxylic acid groups (broad SMARTS) is 1. The number of nitrogens with one attached hydrogen (secondary N) is 2. The van der Waals surface area contributed by atoms with Crippen molar-refractivity contribution in [2.45, 2.75) is 42.7 Å². The minimum Gasteiger partial charge on any atom is -0.480 e. The lowest BCUT2D eigenvalue weighted by Gasteiger charge is -2.42. The van der Waals surface area contributed by atoms with Crippen LogP contribution in [-0.2, 0) is 15.6 Å². The Kier molecular flexibility index (Phi) is 5.93. The number of carbonyl (C=O) groups excluding carboxylic acids is 1. The van der Waals surface area contributed by atoms with Gasteiger partial charge in [0.05, 0.1) is 6.54 Å². The maximum absolute atomic E-state index is 12.1. The Morgan fingerprint density at radius 1 is 1.31 bits per heavy atom. The number of rotatable bonds is 8. The van der Waals surface area contributed by atoms with Crippen molar-refractivity contribution in [3.05, 3.63) is 24.3 Å². The molecule has 26 heavy (non-hydrogen) atoms. The quantitative estimate of drug-likeness (QED) is 0.640. The normalized spacial score (nSPS) is 23.2. The van der Waals surface area contributed by atoms with Crippen LogP contribution in [0.3, 0.4) is 0 Å². The zero-order valence-electron chi connectivity index (χ0n) is 14.8. The molecular formula is C18H25N3O4S. The number of carboxylic acids is 1. The van der Waals surface area contributed by atoms with Crippen LogP contribution in [0.1, 0.15) is 25.7 Å². The summed E-state index contributed by atoms with van der Waals surface area (Å²) >= 11 is 0. The molecule has 1 aromatic carbocycles. The third kappa shape index (κ3) is 5.28. The van der Waals surface area contributed by atoms with E-state index in [9.17, 15) is 13.8 Å². The van der Waals surface area contributed by atoms with Crippen LogP contribution in [-0.4, -0.2) is 57.6 Å². The fourth-order valence-electron chi connectivity index (χ4n) is 3.26. The van der Waals surface area contributed by atoms with E-state index in [4.69, 9.17) is 5.11 Å². The van der Waals surface area contributed by atoms with Gasteiger partial charge < -0.3 is 15.7 Å². The number of carbonyl (C=O) groups is 2. The SMILES string of the molecule is CS(=O)c1cccc(NC(=O)NC2CC(N(CC(=O)O)CC3CC3)C2)c1. The standard InChI is InChI=1S/C18H25N3O4S/c1-26(25)16-4-2-3-13(9-16)19-18(24)20-14-7-15(8-14)21(11-17(22)23)10-12-5-6-12/h2-4,9,12,14-15H,5-8,10-11H2,1H3,(H,22,23)(H2,19,20,24). The van der Waals surface area contributed by atoms with Crippen molar-refractivity contribution >= 4 is 28.5 Å². The van der Waals surface area contributed by atoms with Gasteiger partial charge in [-0.3, -0.25) is 13.9 Å². The maximum atomic E-state index is 12.1. The summed E-state index contributed by atoms with van der Waals surface area (Å²) in [5, 5.41) is 14.8. The maximum Gasteiger partial charge on any atom is 0.319 e. The predicted molar refractivity (Wildman–Crippen MR) is 99.7 cm³/mol. The first-order valence-electron chi connectivity index (χ1n) is 8.87. The Hall–Kier alpha value is -1.93. The Bertz CT molecular complexity index is 701. The van der Waals surface area contributed by atoms with Crippen molar-refractivity contribution in [2.24, 2.45) is 5.92 Å². The Labute approximate surface area is 155 Å². The minimum atomic E-state index is -1.10.